The molecule has 0 saturated carbocycles. The van der Waals surface area contributed by atoms with Gasteiger partial charge in [-0.2, -0.15) is 0 Å². The molecule has 0 fully saturated rings. The third-order valence-electron chi connectivity index (χ3n) is 3.19. The second kappa shape index (κ2) is 7.32. The summed E-state index contributed by atoms with van der Waals surface area (Å²) in [6.45, 7) is 6.33. The van der Waals surface area contributed by atoms with Crippen LogP contribution in [0.4, 0.5) is 0 Å². The maximum atomic E-state index is 12.3. The number of hydrogen-bond acceptors (Lipinski definition) is 3. The summed E-state index contributed by atoms with van der Waals surface area (Å²) in [4.78, 5) is 14.9. The Bertz CT molecular complexity index is 482. The summed E-state index contributed by atoms with van der Waals surface area (Å²) in [6.07, 6.45) is 0.464. The molecular weight excluding hydrogens is 258 g/mol. The van der Waals surface area contributed by atoms with Gasteiger partial charge in [-0.05, 0) is 18.9 Å². The quantitative estimate of drug-likeness (QED) is 0.861. The molecule has 19 heavy (non-hydrogen) atoms. The van der Waals surface area contributed by atoms with E-state index >= 15 is 0 Å². The monoisotopic (exact) mass is 279 g/mol. The van der Waals surface area contributed by atoms with Gasteiger partial charge in [0.1, 0.15) is 0 Å². The van der Waals surface area contributed by atoms with Crippen LogP contribution in [0, 0.1) is 17.8 Å². The van der Waals surface area contributed by atoms with E-state index in [1.54, 1.807) is 4.90 Å². The van der Waals surface area contributed by atoms with E-state index in [1.807, 2.05) is 18.5 Å². The van der Waals surface area contributed by atoms with Crippen LogP contribution in [0.1, 0.15) is 42.4 Å². The van der Waals surface area contributed by atoms with Crippen LogP contribution in [0.3, 0.4) is 0 Å². The van der Waals surface area contributed by atoms with Crippen molar-refractivity contribution >= 4 is 17.2 Å². The molecule has 1 aromatic rings. The second-order valence-electron chi connectivity index (χ2n) is 4.88. The minimum Gasteiger partial charge on any atom is -0.395 e. The van der Waals surface area contributed by atoms with E-state index in [-0.39, 0.29) is 18.6 Å². The molecule has 4 heteroatoms. The van der Waals surface area contributed by atoms with Crippen molar-refractivity contribution in [1.82, 2.24) is 4.90 Å². The Morgan fingerprint density at radius 2 is 2.16 bits per heavy atom. The largest absolute Gasteiger partial charge is 0.395 e. The summed E-state index contributed by atoms with van der Waals surface area (Å²) in [7, 11) is 1.84. The van der Waals surface area contributed by atoms with Gasteiger partial charge in [0.2, 0.25) is 0 Å². The zero-order valence-corrected chi connectivity index (χ0v) is 12.8. The maximum Gasteiger partial charge on any atom is 0.254 e. The van der Waals surface area contributed by atoms with Crippen molar-refractivity contribution in [3.63, 3.8) is 0 Å². The number of aliphatic hydroxyl groups excluding tert-OH is 1. The Balaban J connectivity index is 2.76. The first-order valence-electron chi connectivity index (χ1n) is 6.42. The molecule has 1 unspecified atom stereocenters. The molecule has 0 saturated heterocycles. The zero-order chi connectivity index (χ0) is 14.4. The van der Waals surface area contributed by atoms with Crippen LogP contribution in [0.5, 0.6) is 0 Å². The fourth-order valence-electron chi connectivity index (χ4n) is 1.56. The number of rotatable bonds is 4. The van der Waals surface area contributed by atoms with Crippen molar-refractivity contribution in [2.75, 3.05) is 13.7 Å². The molecule has 3 nitrogen and oxygen atoms in total. The Morgan fingerprint density at radius 3 is 2.74 bits per heavy atom. The molecule has 1 N–H and O–H groups in total. The first-order valence-corrected chi connectivity index (χ1v) is 7.30. The number of carbonyl (C=O) groups is 1. The fraction of sp³-hybridized carbons (Fsp3) is 0.533. The van der Waals surface area contributed by atoms with Gasteiger partial charge in [0.05, 0.1) is 17.0 Å². The van der Waals surface area contributed by atoms with Crippen molar-refractivity contribution in [2.24, 2.45) is 5.92 Å². The van der Waals surface area contributed by atoms with Gasteiger partial charge >= 0.3 is 0 Å². The van der Waals surface area contributed by atoms with Crippen molar-refractivity contribution in [3.05, 3.63) is 21.9 Å². The van der Waals surface area contributed by atoms with E-state index in [0.29, 0.717) is 17.9 Å². The highest BCUT2D eigenvalue weighted by Crippen LogP contribution is 2.18. The fourth-order valence-corrected chi connectivity index (χ4v) is 2.30. The van der Waals surface area contributed by atoms with Crippen molar-refractivity contribution in [3.8, 4) is 11.8 Å². The molecule has 1 atom stereocenters. The highest BCUT2D eigenvalue weighted by Gasteiger charge is 2.20. The summed E-state index contributed by atoms with van der Waals surface area (Å²) in [5.74, 6) is 6.27. The molecule has 0 aromatic carbocycles. The van der Waals surface area contributed by atoms with Crippen LogP contribution < -0.4 is 0 Å². The van der Waals surface area contributed by atoms with E-state index in [4.69, 9.17) is 5.11 Å². The minimum atomic E-state index is 0.0349. The molecule has 0 spiro atoms. The van der Waals surface area contributed by atoms with Crippen LogP contribution >= 0.6 is 11.3 Å². The van der Waals surface area contributed by atoms with E-state index < -0.39 is 0 Å². The predicted octanol–water partition coefficient (Wildman–Crippen LogP) is 2.60. The summed E-state index contributed by atoms with van der Waals surface area (Å²) in [6, 6.07) is 2.03. The van der Waals surface area contributed by atoms with E-state index in [9.17, 15) is 4.79 Å². The summed E-state index contributed by atoms with van der Waals surface area (Å²) >= 11 is 1.46. The molecule has 0 radical (unpaired) electrons. The van der Waals surface area contributed by atoms with Gasteiger partial charge in [0.15, 0.2) is 0 Å². The van der Waals surface area contributed by atoms with Gasteiger partial charge in [0.25, 0.3) is 5.91 Å². The lowest BCUT2D eigenvalue weighted by Gasteiger charge is -2.27. The van der Waals surface area contributed by atoms with Crippen LogP contribution in [0.15, 0.2) is 11.4 Å². The van der Waals surface area contributed by atoms with Crippen molar-refractivity contribution < 1.29 is 9.90 Å². The predicted molar refractivity (Wildman–Crippen MR) is 79.3 cm³/mol. The molecule has 1 amide bonds. The Labute approximate surface area is 119 Å². The van der Waals surface area contributed by atoms with Gasteiger partial charge in [-0.3, -0.25) is 4.79 Å². The van der Waals surface area contributed by atoms with Gasteiger partial charge < -0.3 is 10.0 Å². The number of amides is 1. The van der Waals surface area contributed by atoms with Gasteiger partial charge in [-0.1, -0.05) is 25.7 Å². The van der Waals surface area contributed by atoms with Gasteiger partial charge in [0, 0.05) is 24.9 Å². The first-order chi connectivity index (χ1) is 8.97. The Kier molecular flexibility index (Phi) is 6.07. The third kappa shape index (κ3) is 4.38. The molecule has 1 aromatic heterocycles. The molecule has 0 bridgehead atoms. The lowest BCUT2D eigenvalue weighted by Crippen LogP contribution is -2.38. The number of nitrogens with zero attached hydrogens (tertiary/aromatic N) is 1. The third-order valence-corrected chi connectivity index (χ3v) is 4.04. The van der Waals surface area contributed by atoms with Crippen molar-refractivity contribution in [1.29, 1.82) is 0 Å². The zero-order valence-electron chi connectivity index (χ0n) is 11.9. The highest BCUT2D eigenvalue weighted by atomic mass is 32.1. The summed E-state index contributed by atoms with van der Waals surface area (Å²) in [5, 5.41) is 10.5. The van der Waals surface area contributed by atoms with Crippen LogP contribution in [-0.2, 0) is 0 Å². The Morgan fingerprint density at radius 1 is 1.47 bits per heavy atom. The molecule has 0 aliphatic rings. The van der Waals surface area contributed by atoms with Gasteiger partial charge in [-0.25, -0.2) is 0 Å². The topological polar surface area (TPSA) is 40.5 Å². The average molecular weight is 279 g/mol. The molecule has 104 valence electrons. The van der Waals surface area contributed by atoms with E-state index in [0.717, 1.165) is 4.88 Å². The van der Waals surface area contributed by atoms with Gasteiger partial charge in [-0.15, -0.1) is 11.3 Å². The number of thiophene rings is 1. The number of carbonyl (C=O) groups excluding carboxylic acids is 1. The number of hydrogen-bond donors (Lipinski definition) is 1. The number of aliphatic hydroxyl groups is 1. The maximum absolute atomic E-state index is 12.3. The molecule has 1 heterocycles. The SMILES string of the molecule is CC(C)C(C)N(C)C(=O)c1csc(C#CCCO)c1. The van der Waals surface area contributed by atoms with Crippen LogP contribution in [-0.4, -0.2) is 35.6 Å². The van der Waals surface area contributed by atoms with Crippen molar-refractivity contribution in [2.45, 2.75) is 33.2 Å². The molecule has 0 aliphatic carbocycles. The lowest BCUT2D eigenvalue weighted by atomic mass is 10.0. The molecule has 0 aliphatic heterocycles. The minimum absolute atomic E-state index is 0.0349. The summed E-state index contributed by atoms with van der Waals surface area (Å²) < 4.78 is 0. The van der Waals surface area contributed by atoms with E-state index in [2.05, 4.69) is 32.6 Å². The standard InChI is InChI=1S/C15H21NO2S/c1-11(2)12(3)16(4)15(18)13-9-14(19-10-13)7-5-6-8-17/h9-12,17H,6,8H2,1-4H3. The van der Waals surface area contributed by atoms with E-state index in [1.165, 1.54) is 11.3 Å². The lowest BCUT2D eigenvalue weighted by molar-refractivity contribution is 0.0707. The van der Waals surface area contributed by atoms with Crippen LogP contribution in [0.25, 0.3) is 0 Å². The van der Waals surface area contributed by atoms with Crippen LogP contribution in [0.2, 0.25) is 0 Å². The molecule has 1 rings (SSSR count). The Hall–Kier alpha value is -1.31. The summed E-state index contributed by atoms with van der Waals surface area (Å²) in [5.41, 5.74) is 0.688. The highest BCUT2D eigenvalue weighted by molar-refractivity contribution is 7.10. The second-order valence-corrected chi connectivity index (χ2v) is 5.79. The average Bonchev–Trinajstić information content (AvgIpc) is 2.85. The normalized spacial score (nSPS) is 11.9. The smallest absolute Gasteiger partial charge is 0.254 e. The molecular formula is C15H21NO2S. The first kappa shape index (κ1) is 15.7.